The molecule has 1 heterocycles. The van der Waals surface area contributed by atoms with Gasteiger partial charge in [0.25, 0.3) is 0 Å². The Morgan fingerprint density at radius 3 is 2.45 bits per heavy atom. The van der Waals surface area contributed by atoms with Gasteiger partial charge in [0, 0.05) is 44.8 Å². The number of benzene rings is 1. The summed E-state index contributed by atoms with van der Waals surface area (Å²) < 4.78 is 12.8. The molecule has 20 heavy (non-hydrogen) atoms. The summed E-state index contributed by atoms with van der Waals surface area (Å²) >= 11 is 0. The van der Waals surface area contributed by atoms with Gasteiger partial charge in [-0.25, -0.2) is 9.18 Å². The molecule has 1 fully saturated rings. The molecule has 1 aromatic rings. The summed E-state index contributed by atoms with van der Waals surface area (Å²) in [6, 6.07) is 5.50. The van der Waals surface area contributed by atoms with Gasteiger partial charge in [-0.05, 0) is 24.3 Å². The third-order valence-electron chi connectivity index (χ3n) is 3.29. The van der Waals surface area contributed by atoms with Gasteiger partial charge in [0.05, 0.1) is 0 Å². The van der Waals surface area contributed by atoms with Crippen LogP contribution in [0, 0.1) is 5.82 Å². The third-order valence-corrected chi connectivity index (χ3v) is 3.29. The standard InChI is InChI=1S/C14H17FN3O2/c15-12-2-4-13(5-3-12)16-14(20)18-9-7-17(8-10-18)6-1-11-19/h2-5H,1,6-10H2,(H,16,20). The molecule has 0 atom stereocenters. The molecule has 1 aliphatic rings. The quantitative estimate of drug-likeness (QED) is 0.907. The van der Waals surface area contributed by atoms with E-state index in [-0.39, 0.29) is 11.8 Å². The van der Waals surface area contributed by atoms with Crippen LogP contribution in [0.3, 0.4) is 0 Å². The van der Waals surface area contributed by atoms with Crippen LogP contribution in [0.25, 0.3) is 0 Å². The fraction of sp³-hybridized carbons (Fsp3) is 0.429. The average molecular weight is 278 g/mol. The van der Waals surface area contributed by atoms with E-state index in [0.717, 1.165) is 13.1 Å². The van der Waals surface area contributed by atoms with Crippen molar-refractivity contribution in [2.24, 2.45) is 0 Å². The highest BCUT2D eigenvalue weighted by molar-refractivity contribution is 5.89. The first-order chi connectivity index (χ1) is 9.69. The lowest BCUT2D eigenvalue weighted by Crippen LogP contribution is -2.50. The Kier molecular flexibility index (Phi) is 5.06. The van der Waals surface area contributed by atoms with Crippen LogP contribution < -0.4 is 5.32 Å². The van der Waals surface area contributed by atoms with E-state index in [1.807, 2.05) is 6.29 Å². The lowest BCUT2D eigenvalue weighted by atomic mass is 10.3. The van der Waals surface area contributed by atoms with Crippen LogP contribution in [0.2, 0.25) is 0 Å². The van der Waals surface area contributed by atoms with E-state index in [4.69, 9.17) is 0 Å². The second-order valence-corrected chi connectivity index (χ2v) is 4.66. The lowest BCUT2D eigenvalue weighted by Gasteiger charge is -2.34. The van der Waals surface area contributed by atoms with Gasteiger partial charge in [-0.1, -0.05) is 0 Å². The van der Waals surface area contributed by atoms with Gasteiger partial charge in [0.1, 0.15) is 5.82 Å². The van der Waals surface area contributed by atoms with Crippen LogP contribution in [0.15, 0.2) is 24.3 Å². The molecule has 5 nitrogen and oxygen atoms in total. The van der Waals surface area contributed by atoms with Crippen molar-refractivity contribution in [3.63, 3.8) is 0 Å². The topological polar surface area (TPSA) is 52.7 Å². The van der Waals surface area contributed by atoms with Gasteiger partial charge >= 0.3 is 6.03 Å². The van der Waals surface area contributed by atoms with Crippen LogP contribution in [-0.4, -0.2) is 54.8 Å². The van der Waals surface area contributed by atoms with Crippen molar-refractivity contribution >= 4 is 18.0 Å². The lowest BCUT2D eigenvalue weighted by molar-refractivity contribution is 0.149. The van der Waals surface area contributed by atoms with Crippen molar-refractivity contribution in [1.29, 1.82) is 0 Å². The Bertz CT molecular complexity index is 456. The summed E-state index contributed by atoms with van der Waals surface area (Å²) in [4.78, 5) is 26.1. The third kappa shape index (κ3) is 4.03. The smallest absolute Gasteiger partial charge is 0.321 e. The van der Waals surface area contributed by atoms with Gasteiger partial charge in [0.2, 0.25) is 0 Å². The summed E-state index contributed by atoms with van der Waals surface area (Å²) in [5.41, 5.74) is 0.578. The Labute approximate surface area is 117 Å². The maximum atomic E-state index is 12.8. The predicted molar refractivity (Wildman–Crippen MR) is 73.7 cm³/mol. The molecule has 1 radical (unpaired) electrons. The largest absolute Gasteiger partial charge is 0.322 e. The second-order valence-electron chi connectivity index (χ2n) is 4.66. The molecule has 107 valence electrons. The van der Waals surface area contributed by atoms with E-state index in [2.05, 4.69) is 10.2 Å². The number of nitrogens with one attached hydrogen (secondary N) is 1. The zero-order valence-electron chi connectivity index (χ0n) is 11.1. The Morgan fingerprint density at radius 1 is 1.20 bits per heavy atom. The van der Waals surface area contributed by atoms with Crippen molar-refractivity contribution in [1.82, 2.24) is 9.80 Å². The number of hydrogen-bond acceptors (Lipinski definition) is 3. The molecule has 2 rings (SSSR count). The maximum absolute atomic E-state index is 12.8. The predicted octanol–water partition coefficient (Wildman–Crippen LogP) is 1.48. The summed E-state index contributed by atoms with van der Waals surface area (Å²) in [5, 5.41) is 2.74. The highest BCUT2D eigenvalue weighted by Gasteiger charge is 2.20. The molecule has 0 spiro atoms. The number of nitrogens with zero attached hydrogens (tertiary/aromatic N) is 2. The minimum atomic E-state index is -0.330. The van der Waals surface area contributed by atoms with Crippen LogP contribution in [0.1, 0.15) is 6.42 Å². The first-order valence-corrected chi connectivity index (χ1v) is 6.58. The molecule has 0 bridgehead atoms. The van der Waals surface area contributed by atoms with Gasteiger partial charge < -0.3 is 10.2 Å². The number of rotatable bonds is 4. The molecule has 2 amide bonds. The molecular formula is C14H17FN3O2. The zero-order valence-corrected chi connectivity index (χ0v) is 11.1. The van der Waals surface area contributed by atoms with E-state index in [1.54, 1.807) is 4.90 Å². The van der Waals surface area contributed by atoms with Gasteiger partial charge in [-0.15, -0.1) is 0 Å². The second kappa shape index (κ2) is 7.00. The van der Waals surface area contributed by atoms with Crippen LogP contribution in [0.4, 0.5) is 14.9 Å². The van der Waals surface area contributed by atoms with Gasteiger partial charge in [-0.3, -0.25) is 9.69 Å². The fourth-order valence-corrected chi connectivity index (χ4v) is 2.11. The molecule has 1 aromatic carbocycles. The van der Waals surface area contributed by atoms with Crippen molar-refractivity contribution in [2.75, 3.05) is 38.0 Å². The number of halogens is 1. The van der Waals surface area contributed by atoms with E-state index in [0.29, 0.717) is 31.7 Å². The summed E-state index contributed by atoms with van der Waals surface area (Å²) in [7, 11) is 0. The van der Waals surface area contributed by atoms with Crippen LogP contribution >= 0.6 is 0 Å². The molecule has 0 aromatic heterocycles. The average Bonchev–Trinajstić information content (AvgIpc) is 2.48. The number of urea groups is 1. The number of amides is 2. The van der Waals surface area contributed by atoms with E-state index >= 15 is 0 Å². The molecule has 6 heteroatoms. The number of anilines is 1. The highest BCUT2D eigenvalue weighted by Crippen LogP contribution is 2.10. The molecule has 0 saturated carbocycles. The van der Waals surface area contributed by atoms with E-state index < -0.39 is 0 Å². The van der Waals surface area contributed by atoms with Crippen molar-refractivity contribution in [2.45, 2.75) is 6.42 Å². The minimum absolute atomic E-state index is 0.182. The van der Waals surface area contributed by atoms with Crippen molar-refractivity contribution < 1.29 is 14.0 Å². The molecule has 0 unspecified atom stereocenters. The Hall–Kier alpha value is -1.95. The Balaban J connectivity index is 1.79. The SMILES string of the molecule is O=[C]CCN1CCN(C(=O)Nc2ccc(F)cc2)CC1. The molecule has 0 aliphatic carbocycles. The zero-order chi connectivity index (χ0) is 14.4. The molecule has 1 N–H and O–H groups in total. The number of carbonyl (C=O) groups is 1. The summed E-state index contributed by atoms with van der Waals surface area (Å²) in [6.45, 7) is 3.42. The first kappa shape index (κ1) is 14.5. The normalized spacial score (nSPS) is 15.9. The van der Waals surface area contributed by atoms with Gasteiger partial charge in [0.15, 0.2) is 6.29 Å². The maximum Gasteiger partial charge on any atom is 0.321 e. The minimum Gasteiger partial charge on any atom is -0.322 e. The molecular weight excluding hydrogens is 261 g/mol. The van der Waals surface area contributed by atoms with Crippen molar-refractivity contribution in [3.8, 4) is 0 Å². The fourth-order valence-electron chi connectivity index (χ4n) is 2.11. The van der Waals surface area contributed by atoms with Crippen molar-refractivity contribution in [3.05, 3.63) is 30.1 Å². The van der Waals surface area contributed by atoms with Gasteiger partial charge in [-0.2, -0.15) is 0 Å². The molecule has 1 saturated heterocycles. The van der Waals surface area contributed by atoms with E-state index in [1.165, 1.54) is 24.3 Å². The number of carbonyl (C=O) groups excluding carboxylic acids is 2. The first-order valence-electron chi connectivity index (χ1n) is 6.58. The van der Waals surface area contributed by atoms with Crippen LogP contribution in [-0.2, 0) is 4.79 Å². The summed E-state index contributed by atoms with van der Waals surface area (Å²) in [6.07, 6.45) is 2.28. The molecule has 1 aliphatic heterocycles. The summed E-state index contributed by atoms with van der Waals surface area (Å²) in [5.74, 6) is -0.330. The Morgan fingerprint density at radius 2 is 1.85 bits per heavy atom. The monoisotopic (exact) mass is 278 g/mol. The number of hydrogen-bond donors (Lipinski definition) is 1. The highest BCUT2D eigenvalue weighted by atomic mass is 19.1. The van der Waals surface area contributed by atoms with Crippen LogP contribution in [0.5, 0.6) is 0 Å². The number of piperazine rings is 1. The van der Waals surface area contributed by atoms with E-state index in [9.17, 15) is 14.0 Å².